The van der Waals surface area contributed by atoms with Crippen LogP contribution in [0.25, 0.3) is 0 Å². The molecule has 11 heavy (non-hydrogen) atoms. The van der Waals surface area contributed by atoms with Gasteiger partial charge < -0.3 is 24.1 Å². The van der Waals surface area contributed by atoms with E-state index in [1.165, 1.54) is 0 Å². The number of hydrogen-bond donors (Lipinski definition) is 0. The molecular weight excluding hydrogens is 190 g/mol. The van der Waals surface area contributed by atoms with Gasteiger partial charge in [0.25, 0.3) is 0 Å². The molecule has 0 heterocycles. The second-order valence-electron chi connectivity index (χ2n) is 2.67. The van der Waals surface area contributed by atoms with Crippen molar-refractivity contribution in [3.8, 4) is 0 Å². The predicted molar refractivity (Wildman–Crippen MR) is 35.7 cm³/mol. The van der Waals surface area contributed by atoms with E-state index in [-0.39, 0.29) is 0 Å². The van der Waals surface area contributed by atoms with Crippen molar-refractivity contribution in [2.75, 3.05) is 0 Å². The van der Waals surface area contributed by atoms with E-state index in [0.717, 1.165) is 13.8 Å². The zero-order valence-corrected chi connectivity index (χ0v) is 7.93. The average Bonchev–Trinajstić information content (AvgIpc) is 1.58. The van der Waals surface area contributed by atoms with Gasteiger partial charge in [0.1, 0.15) is 0 Å². The van der Waals surface area contributed by atoms with Gasteiger partial charge in [-0.2, -0.15) is 0 Å². The first-order valence-corrected chi connectivity index (χ1v) is 6.03. The standard InChI is InChI=1S/C4H10O5P2/c1-4(2,10(3,5)6)11(7,8)9/h3H2,1-2H3,(H2-2,5,6,7,8,9)/q-2/p-2. The van der Waals surface area contributed by atoms with Crippen LogP contribution in [-0.2, 0) is 4.57 Å². The zero-order valence-electron chi connectivity index (χ0n) is 6.14. The third kappa shape index (κ3) is 2.15. The molecule has 0 aliphatic rings. The Morgan fingerprint density at radius 3 is 1.45 bits per heavy atom. The van der Waals surface area contributed by atoms with Gasteiger partial charge in [-0.05, 0) is 4.90 Å². The van der Waals surface area contributed by atoms with Gasteiger partial charge in [-0.1, -0.05) is 21.4 Å². The summed E-state index contributed by atoms with van der Waals surface area (Å²) in [7, 11) is -9.51. The first kappa shape index (κ1) is 11.4. The first-order valence-electron chi connectivity index (χ1n) is 2.68. The smallest absolute Gasteiger partial charge is 0.0158 e. The monoisotopic (exact) mass is 198 g/mol. The maximum atomic E-state index is 10.6. The van der Waals surface area contributed by atoms with E-state index in [1.54, 1.807) is 0 Å². The van der Waals surface area contributed by atoms with Crippen molar-refractivity contribution < 1.29 is 24.1 Å². The maximum Gasteiger partial charge on any atom is -0.0158 e. The van der Waals surface area contributed by atoms with Crippen molar-refractivity contribution in [2.24, 2.45) is 0 Å². The normalized spacial score (nSPS) is 15.1. The average molecular weight is 198 g/mol. The molecule has 0 saturated heterocycles. The molecule has 0 fully saturated rings. The molecule has 0 aromatic rings. The summed E-state index contributed by atoms with van der Waals surface area (Å²) in [6.07, 6.45) is 2.64. The summed E-state index contributed by atoms with van der Waals surface area (Å²) in [5.74, 6) is 0. The van der Waals surface area contributed by atoms with Crippen LogP contribution in [-0.4, -0.2) is 11.2 Å². The molecule has 0 amide bonds. The minimum absolute atomic E-state index is 0.828. The molecule has 0 aliphatic heterocycles. The SMILES string of the molecule is C=P([O-])([O-])C(C)(C)P(=O)([O-])[O-]. The van der Waals surface area contributed by atoms with Gasteiger partial charge in [-0.25, -0.2) is 0 Å². The Kier molecular flexibility index (Phi) is 2.79. The largest absolute Gasteiger partial charge is 0.840 e. The van der Waals surface area contributed by atoms with Crippen molar-refractivity contribution in [3.05, 3.63) is 0 Å². The topological polar surface area (TPSA) is 109 Å². The Morgan fingerprint density at radius 1 is 1.18 bits per heavy atom. The van der Waals surface area contributed by atoms with Crippen LogP contribution in [0.2, 0.25) is 0 Å². The van der Waals surface area contributed by atoms with E-state index in [2.05, 4.69) is 6.30 Å². The van der Waals surface area contributed by atoms with Gasteiger partial charge in [0, 0.05) is 0 Å². The summed E-state index contributed by atoms with van der Waals surface area (Å²) in [5, 5.41) is 0. The van der Waals surface area contributed by atoms with Crippen LogP contribution in [0.5, 0.6) is 0 Å². The lowest BCUT2D eigenvalue weighted by Crippen LogP contribution is -2.41. The van der Waals surface area contributed by atoms with Gasteiger partial charge in [0.15, 0.2) is 0 Å². The minimum Gasteiger partial charge on any atom is -0.840 e. The van der Waals surface area contributed by atoms with Crippen molar-refractivity contribution in [3.63, 3.8) is 0 Å². The van der Waals surface area contributed by atoms with E-state index < -0.39 is 19.8 Å². The Morgan fingerprint density at radius 2 is 1.45 bits per heavy atom. The van der Waals surface area contributed by atoms with Crippen molar-refractivity contribution >= 4 is 21.2 Å². The third-order valence-corrected chi connectivity index (χ3v) is 6.16. The lowest BCUT2D eigenvalue weighted by atomic mass is 10.5. The van der Waals surface area contributed by atoms with Crippen LogP contribution >= 0.6 is 14.9 Å². The molecule has 0 N–H and O–H groups in total. The fourth-order valence-corrected chi connectivity index (χ4v) is 1.68. The second kappa shape index (κ2) is 2.70. The van der Waals surface area contributed by atoms with Gasteiger partial charge in [0.2, 0.25) is 0 Å². The highest BCUT2D eigenvalue weighted by Gasteiger charge is 2.21. The molecule has 7 heteroatoms. The van der Waals surface area contributed by atoms with Crippen LogP contribution in [0.15, 0.2) is 0 Å². The van der Waals surface area contributed by atoms with Crippen LogP contribution < -0.4 is 19.6 Å². The summed E-state index contributed by atoms with van der Waals surface area (Å²) in [4.78, 5) is 39.7. The number of hydrogen-bond acceptors (Lipinski definition) is 5. The van der Waals surface area contributed by atoms with Gasteiger partial charge in [-0.3, -0.25) is 7.34 Å². The zero-order chi connectivity index (χ0) is 9.50. The van der Waals surface area contributed by atoms with Crippen LogP contribution in [0, 0.1) is 0 Å². The summed E-state index contributed by atoms with van der Waals surface area (Å²) >= 11 is 0. The Balaban J connectivity index is 5.08. The summed E-state index contributed by atoms with van der Waals surface area (Å²) in [5.41, 5.74) is 0. The van der Waals surface area contributed by atoms with Crippen molar-refractivity contribution in [2.45, 2.75) is 18.7 Å². The van der Waals surface area contributed by atoms with E-state index in [0.29, 0.717) is 0 Å². The van der Waals surface area contributed by atoms with E-state index >= 15 is 0 Å². The van der Waals surface area contributed by atoms with Gasteiger partial charge >= 0.3 is 0 Å². The van der Waals surface area contributed by atoms with Crippen molar-refractivity contribution in [1.29, 1.82) is 0 Å². The highest BCUT2D eigenvalue weighted by Crippen LogP contribution is 2.59. The van der Waals surface area contributed by atoms with Crippen LogP contribution in [0.1, 0.15) is 13.8 Å². The Hall–Kier alpha value is 0.370. The van der Waals surface area contributed by atoms with Crippen LogP contribution in [0.4, 0.5) is 0 Å². The molecule has 0 rings (SSSR count). The summed E-state index contributed by atoms with van der Waals surface area (Å²) < 4.78 is 10.4. The lowest BCUT2D eigenvalue weighted by Gasteiger charge is -2.61. The van der Waals surface area contributed by atoms with E-state index in [4.69, 9.17) is 0 Å². The van der Waals surface area contributed by atoms with Gasteiger partial charge in [0.05, 0.1) is 0 Å². The first-order chi connectivity index (χ1) is 4.50. The quantitative estimate of drug-likeness (QED) is 0.461. The number of rotatable bonds is 2. The molecule has 5 nitrogen and oxygen atoms in total. The molecule has 0 saturated carbocycles. The molecule has 0 atom stereocenters. The summed E-state index contributed by atoms with van der Waals surface area (Å²) in [6.45, 7) is 1.66. The molecule has 68 valence electrons. The van der Waals surface area contributed by atoms with Gasteiger partial charge in [-0.15, -0.1) is 6.30 Å². The molecular formula is C4H8O5P2-4. The Labute approximate surface area is 65.0 Å². The minimum atomic E-state index is -5.13. The maximum absolute atomic E-state index is 10.6. The Bertz CT molecular complexity index is 209. The predicted octanol–water partition coefficient (Wildman–Crippen LogP) is -2.36. The summed E-state index contributed by atoms with van der Waals surface area (Å²) in [6, 6.07) is 0. The third-order valence-electron chi connectivity index (χ3n) is 1.50. The molecule has 0 radical (unpaired) electrons. The van der Waals surface area contributed by atoms with E-state index in [9.17, 15) is 24.1 Å². The lowest BCUT2D eigenvalue weighted by molar-refractivity contribution is -0.327. The fourth-order valence-electron chi connectivity index (χ4n) is 0.187. The van der Waals surface area contributed by atoms with E-state index in [1.807, 2.05) is 0 Å². The molecule has 0 aliphatic carbocycles. The highest BCUT2D eigenvalue weighted by atomic mass is 31.2. The van der Waals surface area contributed by atoms with Crippen LogP contribution in [0.3, 0.4) is 0 Å². The highest BCUT2D eigenvalue weighted by molar-refractivity contribution is 7.75. The fraction of sp³-hybridized carbons (Fsp3) is 0.750. The molecule has 0 aromatic heterocycles. The molecule has 0 unspecified atom stereocenters. The molecule has 0 aromatic carbocycles. The molecule has 0 bridgehead atoms. The van der Waals surface area contributed by atoms with Crippen molar-refractivity contribution in [1.82, 2.24) is 0 Å². The molecule has 0 spiro atoms. The second-order valence-corrected chi connectivity index (χ2v) is 7.60.